The van der Waals surface area contributed by atoms with Crippen LogP contribution in [0.4, 0.5) is 4.39 Å². The van der Waals surface area contributed by atoms with Crippen molar-refractivity contribution >= 4 is 0 Å². The number of halogens is 1. The first-order chi connectivity index (χ1) is 9.70. The van der Waals surface area contributed by atoms with Gasteiger partial charge in [-0.3, -0.25) is 4.98 Å². The summed E-state index contributed by atoms with van der Waals surface area (Å²) in [5, 5.41) is 3.38. The molecule has 0 saturated heterocycles. The highest BCUT2D eigenvalue weighted by atomic mass is 19.1. The molecule has 1 aromatic heterocycles. The normalized spacial score (nSPS) is 12.3. The van der Waals surface area contributed by atoms with Gasteiger partial charge in [-0.1, -0.05) is 24.6 Å². The van der Waals surface area contributed by atoms with Gasteiger partial charge in [0.15, 0.2) is 0 Å². The summed E-state index contributed by atoms with van der Waals surface area (Å²) in [5.74, 6) is -0.128. The minimum absolute atomic E-state index is 0.0491. The lowest BCUT2D eigenvalue weighted by Crippen LogP contribution is -2.22. The Kier molecular flexibility index (Phi) is 5.24. The zero-order valence-electron chi connectivity index (χ0n) is 12.1. The smallest absolute Gasteiger partial charge is 0.127 e. The standard InChI is InChI=1S/C17H21FN2/c1-3-20-17(7-5-14-8-10-19-11-9-14)15-12-13(2)4-6-16(15)18/h4,6,8-12,17,20H,3,5,7H2,1-2H3. The van der Waals surface area contributed by atoms with Gasteiger partial charge in [-0.25, -0.2) is 4.39 Å². The third kappa shape index (κ3) is 3.87. The van der Waals surface area contributed by atoms with Crippen LogP contribution >= 0.6 is 0 Å². The lowest BCUT2D eigenvalue weighted by Gasteiger charge is -2.19. The fourth-order valence-electron chi connectivity index (χ4n) is 2.40. The second kappa shape index (κ2) is 7.15. The predicted octanol–water partition coefficient (Wildman–Crippen LogP) is 3.81. The van der Waals surface area contributed by atoms with E-state index in [1.54, 1.807) is 18.5 Å². The summed E-state index contributed by atoms with van der Waals surface area (Å²) in [5.41, 5.74) is 3.09. The van der Waals surface area contributed by atoms with Crippen molar-refractivity contribution in [3.63, 3.8) is 0 Å². The summed E-state index contributed by atoms with van der Waals surface area (Å²) in [6.45, 7) is 4.87. The molecule has 1 unspecified atom stereocenters. The van der Waals surface area contributed by atoms with Crippen LogP contribution < -0.4 is 5.32 Å². The van der Waals surface area contributed by atoms with E-state index in [2.05, 4.69) is 10.3 Å². The molecule has 0 saturated carbocycles. The molecule has 1 heterocycles. The van der Waals surface area contributed by atoms with Crippen molar-refractivity contribution in [2.24, 2.45) is 0 Å². The number of nitrogens with one attached hydrogen (secondary N) is 1. The van der Waals surface area contributed by atoms with Crippen molar-refractivity contribution in [2.75, 3.05) is 6.54 Å². The molecule has 0 bridgehead atoms. The molecule has 2 nitrogen and oxygen atoms in total. The molecule has 0 amide bonds. The van der Waals surface area contributed by atoms with Crippen LogP contribution in [0.2, 0.25) is 0 Å². The van der Waals surface area contributed by atoms with Crippen LogP contribution in [0.5, 0.6) is 0 Å². The Balaban J connectivity index is 2.12. The Morgan fingerprint density at radius 3 is 2.65 bits per heavy atom. The van der Waals surface area contributed by atoms with E-state index >= 15 is 0 Å². The lowest BCUT2D eigenvalue weighted by atomic mass is 9.97. The molecular weight excluding hydrogens is 251 g/mol. The molecule has 0 aliphatic heterocycles. The fourth-order valence-corrected chi connectivity index (χ4v) is 2.40. The number of hydrogen-bond acceptors (Lipinski definition) is 2. The van der Waals surface area contributed by atoms with E-state index in [1.165, 1.54) is 5.56 Å². The number of rotatable bonds is 6. The predicted molar refractivity (Wildman–Crippen MR) is 80.1 cm³/mol. The van der Waals surface area contributed by atoms with E-state index in [0.717, 1.165) is 30.5 Å². The van der Waals surface area contributed by atoms with Crippen LogP contribution in [-0.4, -0.2) is 11.5 Å². The first-order valence-corrected chi connectivity index (χ1v) is 7.09. The molecule has 2 aromatic rings. The number of aryl methyl sites for hydroxylation is 2. The van der Waals surface area contributed by atoms with Crippen molar-refractivity contribution < 1.29 is 4.39 Å². The molecule has 1 aromatic carbocycles. The maximum absolute atomic E-state index is 14.0. The summed E-state index contributed by atoms with van der Waals surface area (Å²) in [4.78, 5) is 4.02. The maximum atomic E-state index is 14.0. The molecule has 0 spiro atoms. The van der Waals surface area contributed by atoms with Gasteiger partial charge in [0.1, 0.15) is 5.82 Å². The minimum Gasteiger partial charge on any atom is -0.310 e. The van der Waals surface area contributed by atoms with Gasteiger partial charge in [0.05, 0.1) is 0 Å². The summed E-state index contributed by atoms with van der Waals surface area (Å²) in [6, 6.07) is 9.38. The Labute approximate surface area is 120 Å². The first-order valence-electron chi connectivity index (χ1n) is 7.09. The summed E-state index contributed by atoms with van der Waals surface area (Å²) >= 11 is 0. The van der Waals surface area contributed by atoms with Crippen molar-refractivity contribution in [3.8, 4) is 0 Å². The Bertz CT molecular complexity index is 540. The molecule has 1 atom stereocenters. The van der Waals surface area contributed by atoms with Crippen LogP contribution in [-0.2, 0) is 6.42 Å². The SMILES string of the molecule is CCNC(CCc1ccncc1)c1cc(C)ccc1F. The molecule has 106 valence electrons. The van der Waals surface area contributed by atoms with Gasteiger partial charge in [0.25, 0.3) is 0 Å². The van der Waals surface area contributed by atoms with E-state index < -0.39 is 0 Å². The fraction of sp³-hybridized carbons (Fsp3) is 0.353. The van der Waals surface area contributed by atoms with E-state index in [1.807, 2.05) is 38.1 Å². The summed E-state index contributed by atoms with van der Waals surface area (Å²) < 4.78 is 14.0. The maximum Gasteiger partial charge on any atom is 0.127 e. The average Bonchev–Trinajstić information content (AvgIpc) is 2.47. The van der Waals surface area contributed by atoms with Crippen LogP contribution in [0.3, 0.4) is 0 Å². The Hall–Kier alpha value is -1.74. The van der Waals surface area contributed by atoms with E-state index in [4.69, 9.17) is 0 Å². The van der Waals surface area contributed by atoms with Crippen LogP contribution in [0.15, 0.2) is 42.7 Å². The highest BCUT2D eigenvalue weighted by molar-refractivity contribution is 5.27. The second-order valence-electron chi connectivity index (χ2n) is 5.03. The number of hydrogen-bond donors (Lipinski definition) is 1. The van der Waals surface area contributed by atoms with Crippen LogP contribution in [0, 0.1) is 12.7 Å². The second-order valence-corrected chi connectivity index (χ2v) is 5.03. The molecule has 3 heteroatoms. The summed E-state index contributed by atoms with van der Waals surface area (Å²) in [7, 11) is 0. The number of aromatic nitrogens is 1. The van der Waals surface area contributed by atoms with Crippen molar-refractivity contribution in [2.45, 2.75) is 32.7 Å². The average molecular weight is 272 g/mol. The largest absolute Gasteiger partial charge is 0.310 e. The van der Waals surface area contributed by atoms with Gasteiger partial charge in [-0.15, -0.1) is 0 Å². The molecule has 0 aliphatic rings. The van der Waals surface area contributed by atoms with Crippen molar-refractivity contribution in [3.05, 3.63) is 65.2 Å². The molecule has 1 N–H and O–H groups in total. The van der Waals surface area contributed by atoms with Gasteiger partial charge >= 0.3 is 0 Å². The van der Waals surface area contributed by atoms with Gasteiger partial charge in [0, 0.05) is 24.0 Å². The van der Waals surface area contributed by atoms with Crippen molar-refractivity contribution in [1.29, 1.82) is 0 Å². The Morgan fingerprint density at radius 2 is 1.95 bits per heavy atom. The number of pyridine rings is 1. The Morgan fingerprint density at radius 1 is 1.20 bits per heavy atom. The topological polar surface area (TPSA) is 24.9 Å². The quantitative estimate of drug-likeness (QED) is 0.865. The first kappa shape index (κ1) is 14.7. The molecule has 0 radical (unpaired) electrons. The summed E-state index contributed by atoms with van der Waals surface area (Å²) in [6.07, 6.45) is 5.38. The molecule has 20 heavy (non-hydrogen) atoms. The minimum atomic E-state index is -0.128. The molecule has 0 fully saturated rings. The third-order valence-electron chi connectivity index (χ3n) is 3.45. The van der Waals surface area contributed by atoms with E-state index in [9.17, 15) is 4.39 Å². The van der Waals surface area contributed by atoms with Crippen LogP contribution in [0.25, 0.3) is 0 Å². The van der Waals surface area contributed by atoms with Crippen LogP contribution in [0.1, 0.15) is 36.1 Å². The van der Waals surface area contributed by atoms with E-state index in [-0.39, 0.29) is 11.9 Å². The number of nitrogens with zero attached hydrogens (tertiary/aromatic N) is 1. The number of benzene rings is 1. The van der Waals surface area contributed by atoms with Gasteiger partial charge in [-0.05, 0) is 50.1 Å². The third-order valence-corrected chi connectivity index (χ3v) is 3.45. The highest BCUT2D eigenvalue weighted by Gasteiger charge is 2.15. The van der Waals surface area contributed by atoms with Gasteiger partial charge in [0.2, 0.25) is 0 Å². The molecule has 2 rings (SSSR count). The zero-order valence-corrected chi connectivity index (χ0v) is 12.1. The van der Waals surface area contributed by atoms with Gasteiger partial charge in [-0.2, -0.15) is 0 Å². The van der Waals surface area contributed by atoms with Gasteiger partial charge < -0.3 is 5.32 Å². The van der Waals surface area contributed by atoms with Crippen molar-refractivity contribution in [1.82, 2.24) is 10.3 Å². The highest BCUT2D eigenvalue weighted by Crippen LogP contribution is 2.23. The van der Waals surface area contributed by atoms with E-state index in [0.29, 0.717) is 0 Å². The lowest BCUT2D eigenvalue weighted by molar-refractivity contribution is 0.485. The molecule has 0 aliphatic carbocycles. The zero-order chi connectivity index (χ0) is 14.4. The molecular formula is C17H21FN2. The monoisotopic (exact) mass is 272 g/mol.